The van der Waals surface area contributed by atoms with Crippen LogP contribution in [-0.4, -0.2) is 14.4 Å². The number of allylic oxidation sites excluding steroid dienone is 2. The Bertz CT molecular complexity index is 849. The highest BCUT2D eigenvalue weighted by atomic mass is 32.2. The number of nitriles is 3. The summed E-state index contributed by atoms with van der Waals surface area (Å²) in [6, 6.07) is 9.33. The van der Waals surface area contributed by atoms with Crippen molar-refractivity contribution in [1.82, 2.24) is 10.0 Å². The summed E-state index contributed by atoms with van der Waals surface area (Å²) in [6.45, 7) is 1.78. The molecule has 2 amide bonds. The van der Waals surface area contributed by atoms with Crippen molar-refractivity contribution in [2.75, 3.05) is 0 Å². The molecule has 0 spiro atoms. The van der Waals surface area contributed by atoms with Gasteiger partial charge in [0.25, 0.3) is 10.0 Å². The summed E-state index contributed by atoms with van der Waals surface area (Å²) >= 11 is 0. The first kappa shape index (κ1) is 17.7. The molecule has 23 heavy (non-hydrogen) atoms. The number of carbonyl (C=O) groups is 1. The van der Waals surface area contributed by atoms with E-state index in [2.05, 4.69) is 0 Å². The number of rotatable bonds is 4. The molecular weight excluding hydrogens is 318 g/mol. The van der Waals surface area contributed by atoms with Crippen LogP contribution in [0.25, 0.3) is 0 Å². The molecule has 9 heteroatoms. The van der Waals surface area contributed by atoms with Gasteiger partial charge in [0.2, 0.25) is 0 Å². The molecule has 0 atom stereocenters. The number of carbonyl (C=O) groups excluding carboxylic acids is 1. The Kier molecular flexibility index (Phi) is 5.85. The van der Waals surface area contributed by atoms with Crippen LogP contribution in [0.1, 0.15) is 12.0 Å². The number of nitrogens with one attached hydrogen (secondary N) is 2. The second-order valence-electron chi connectivity index (χ2n) is 4.28. The van der Waals surface area contributed by atoms with Gasteiger partial charge in [-0.15, -0.1) is 0 Å². The van der Waals surface area contributed by atoms with Gasteiger partial charge in [0.15, 0.2) is 0 Å². The Labute approximate surface area is 133 Å². The van der Waals surface area contributed by atoms with Crippen molar-refractivity contribution in [2.45, 2.75) is 18.2 Å². The van der Waals surface area contributed by atoms with Gasteiger partial charge in [0.05, 0.1) is 23.1 Å². The average Bonchev–Trinajstić information content (AvgIpc) is 2.48. The highest BCUT2D eigenvalue weighted by Crippen LogP contribution is 2.10. The maximum Gasteiger partial charge on any atom is 0.332 e. The molecule has 0 saturated carbocycles. The van der Waals surface area contributed by atoms with E-state index in [0.29, 0.717) is 0 Å². The zero-order valence-corrected chi connectivity index (χ0v) is 12.8. The zero-order chi connectivity index (χ0) is 17.5. The lowest BCUT2D eigenvalue weighted by molar-refractivity contribution is 0.248. The van der Waals surface area contributed by atoms with Gasteiger partial charge in [0.1, 0.15) is 17.7 Å². The van der Waals surface area contributed by atoms with Crippen molar-refractivity contribution in [2.24, 2.45) is 0 Å². The molecule has 2 N–H and O–H groups in total. The smallest absolute Gasteiger partial charge is 0.308 e. The number of sulfonamides is 1. The number of aryl methyl sites for hydroxylation is 1. The van der Waals surface area contributed by atoms with E-state index in [1.54, 1.807) is 29.8 Å². The molecule has 0 saturated heterocycles. The molecule has 8 nitrogen and oxygen atoms in total. The van der Waals surface area contributed by atoms with Gasteiger partial charge in [-0.3, -0.25) is 0 Å². The van der Waals surface area contributed by atoms with E-state index in [1.165, 1.54) is 24.3 Å². The van der Waals surface area contributed by atoms with Crippen LogP contribution in [0.3, 0.4) is 0 Å². The first-order chi connectivity index (χ1) is 10.8. The lowest BCUT2D eigenvalue weighted by Crippen LogP contribution is -2.39. The summed E-state index contributed by atoms with van der Waals surface area (Å²) in [5, 5.41) is 28.2. The van der Waals surface area contributed by atoms with Crippen LogP contribution in [-0.2, 0) is 10.0 Å². The third-order valence-corrected chi connectivity index (χ3v) is 3.95. The van der Waals surface area contributed by atoms with Crippen molar-refractivity contribution in [3.05, 3.63) is 41.1 Å². The molecule has 0 aliphatic carbocycles. The van der Waals surface area contributed by atoms with Crippen LogP contribution >= 0.6 is 0 Å². The maximum atomic E-state index is 12.0. The normalized spacial score (nSPS) is 9.65. The van der Waals surface area contributed by atoms with Crippen LogP contribution in [0, 0.1) is 40.9 Å². The van der Waals surface area contributed by atoms with Crippen molar-refractivity contribution in [3.8, 4) is 18.2 Å². The molecule has 0 aromatic heterocycles. The summed E-state index contributed by atoms with van der Waals surface area (Å²) in [5.41, 5.74) is 0.101. The fourth-order valence-corrected chi connectivity index (χ4v) is 2.40. The summed E-state index contributed by atoms with van der Waals surface area (Å²) in [7, 11) is -4.11. The number of urea groups is 1. The molecule has 0 aliphatic rings. The molecule has 0 unspecified atom stereocenters. The van der Waals surface area contributed by atoms with Gasteiger partial charge in [-0.25, -0.2) is 17.9 Å². The van der Waals surface area contributed by atoms with E-state index in [9.17, 15) is 13.2 Å². The minimum Gasteiger partial charge on any atom is -0.308 e. The molecule has 0 bridgehead atoms. The molecule has 1 rings (SSSR count). The SMILES string of the molecule is Cc1ccc(S(=O)(=O)NC(=O)NC(CC#N)=C(C#N)C#N)cc1. The monoisotopic (exact) mass is 329 g/mol. The van der Waals surface area contributed by atoms with Crippen molar-refractivity contribution >= 4 is 16.1 Å². The number of amides is 2. The molecule has 0 aliphatic heterocycles. The largest absolute Gasteiger partial charge is 0.332 e. The lowest BCUT2D eigenvalue weighted by atomic mass is 10.2. The number of hydrogen-bond acceptors (Lipinski definition) is 6. The van der Waals surface area contributed by atoms with Crippen molar-refractivity contribution in [1.29, 1.82) is 15.8 Å². The van der Waals surface area contributed by atoms with Crippen LogP contribution < -0.4 is 10.0 Å². The van der Waals surface area contributed by atoms with Crippen molar-refractivity contribution < 1.29 is 13.2 Å². The molecule has 0 heterocycles. The number of hydrogen-bond donors (Lipinski definition) is 2. The van der Waals surface area contributed by atoms with Gasteiger partial charge in [-0.1, -0.05) is 17.7 Å². The van der Waals surface area contributed by atoms with Gasteiger partial charge < -0.3 is 5.32 Å². The minimum absolute atomic E-state index is 0.121. The summed E-state index contributed by atoms with van der Waals surface area (Å²) in [4.78, 5) is 11.6. The average molecular weight is 329 g/mol. The van der Waals surface area contributed by atoms with Gasteiger partial charge in [0, 0.05) is 0 Å². The predicted molar refractivity (Wildman–Crippen MR) is 78.5 cm³/mol. The van der Waals surface area contributed by atoms with E-state index in [0.717, 1.165) is 5.56 Å². The molecule has 0 fully saturated rings. The quantitative estimate of drug-likeness (QED) is 0.793. The molecule has 1 aromatic carbocycles. The summed E-state index contributed by atoms with van der Waals surface area (Å²) in [5.74, 6) is 0. The minimum atomic E-state index is -4.11. The Morgan fingerprint density at radius 1 is 1.13 bits per heavy atom. The summed E-state index contributed by atoms with van der Waals surface area (Å²) in [6.07, 6.45) is -0.422. The molecule has 0 radical (unpaired) electrons. The predicted octanol–water partition coefficient (Wildman–Crippen LogP) is 1.20. The topological polar surface area (TPSA) is 147 Å². The van der Waals surface area contributed by atoms with E-state index in [4.69, 9.17) is 15.8 Å². The Morgan fingerprint density at radius 3 is 2.17 bits per heavy atom. The lowest BCUT2D eigenvalue weighted by Gasteiger charge is -2.10. The Balaban J connectivity index is 2.97. The highest BCUT2D eigenvalue weighted by Gasteiger charge is 2.19. The second-order valence-corrected chi connectivity index (χ2v) is 5.97. The Morgan fingerprint density at radius 2 is 1.70 bits per heavy atom. The van der Waals surface area contributed by atoms with Crippen molar-refractivity contribution in [3.63, 3.8) is 0 Å². The first-order valence-corrected chi connectivity index (χ1v) is 7.63. The fraction of sp³-hybridized carbons (Fsp3) is 0.143. The van der Waals surface area contributed by atoms with E-state index in [1.807, 2.05) is 5.32 Å². The van der Waals surface area contributed by atoms with E-state index < -0.39 is 28.0 Å². The highest BCUT2D eigenvalue weighted by molar-refractivity contribution is 7.90. The van der Waals surface area contributed by atoms with Gasteiger partial charge >= 0.3 is 6.03 Å². The maximum absolute atomic E-state index is 12.0. The van der Waals surface area contributed by atoms with Crippen LogP contribution in [0.5, 0.6) is 0 Å². The first-order valence-electron chi connectivity index (χ1n) is 6.15. The third kappa shape index (κ3) is 4.85. The fourth-order valence-electron chi connectivity index (χ4n) is 1.50. The second kappa shape index (κ2) is 7.60. The standard InChI is InChI=1S/C14H11N5O3S/c1-10-2-4-12(5-3-10)23(21,22)19-14(20)18-13(6-7-15)11(8-16)9-17/h2-5H,6H2,1H3,(H2,18,19,20). The van der Waals surface area contributed by atoms with E-state index in [-0.39, 0.29) is 10.6 Å². The van der Waals surface area contributed by atoms with Crippen LogP contribution in [0.15, 0.2) is 40.4 Å². The van der Waals surface area contributed by atoms with Gasteiger partial charge in [-0.2, -0.15) is 15.8 Å². The Hall–Kier alpha value is -3.35. The molecule has 1 aromatic rings. The number of nitrogens with zero attached hydrogens (tertiary/aromatic N) is 3. The van der Waals surface area contributed by atoms with Gasteiger partial charge in [-0.05, 0) is 19.1 Å². The summed E-state index contributed by atoms with van der Waals surface area (Å²) < 4.78 is 25.8. The van der Waals surface area contributed by atoms with Crippen LogP contribution in [0.2, 0.25) is 0 Å². The zero-order valence-electron chi connectivity index (χ0n) is 12.0. The molecule has 116 valence electrons. The number of benzene rings is 1. The van der Waals surface area contributed by atoms with Crippen LogP contribution in [0.4, 0.5) is 4.79 Å². The third-order valence-electron chi connectivity index (χ3n) is 2.60. The van der Waals surface area contributed by atoms with E-state index >= 15 is 0 Å². The molecular formula is C14H11N5O3S.